The van der Waals surface area contributed by atoms with E-state index in [0.29, 0.717) is 25.4 Å². The lowest BCUT2D eigenvalue weighted by molar-refractivity contribution is -0.384. The number of halogens is 1. The van der Waals surface area contributed by atoms with Gasteiger partial charge in [-0.3, -0.25) is 10.1 Å². The summed E-state index contributed by atoms with van der Waals surface area (Å²) in [7, 11) is 0. The fourth-order valence-electron chi connectivity index (χ4n) is 2.95. The average Bonchev–Trinajstić information content (AvgIpc) is 2.55. The minimum Gasteiger partial charge on any atom is -0.367 e. The number of morpholine rings is 1. The van der Waals surface area contributed by atoms with Crippen molar-refractivity contribution in [1.82, 2.24) is 0 Å². The number of nitro benzene ring substituents is 1. The molecular weight excluding hydrogens is 299 g/mol. The number of ether oxygens (including phenoxy) is 1. The fraction of sp³-hybridized carbons (Fsp3) is 0.294. The van der Waals surface area contributed by atoms with Gasteiger partial charge >= 0.3 is 0 Å². The molecule has 1 atom stereocenters. The average molecular weight is 316 g/mol. The normalized spacial score (nSPS) is 21.2. The van der Waals surface area contributed by atoms with Gasteiger partial charge in [-0.25, -0.2) is 4.39 Å². The molecular formula is C17H17FN2O3. The van der Waals surface area contributed by atoms with Crippen molar-refractivity contribution in [2.75, 3.05) is 24.6 Å². The Labute approximate surface area is 133 Å². The van der Waals surface area contributed by atoms with Gasteiger partial charge in [0.2, 0.25) is 0 Å². The maximum Gasteiger partial charge on any atom is 0.295 e. The van der Waals surface area contributed by atoms with Crippen LogP contribution in [0.3, 0.4) is 0 Å². The lowest BCUT2D eigenvalue weighted by Crippen LogP contribution is -2.48. The fourth-order valence-corrected chi connectivity index (χ4v) is 2.95. The first kappa shape index (κ1) is 15.4. The third-order valence-corrected chi connectivity index (χ3v) is 4.13. The molecule has 0 aromatic heterocycles. The number of anilines is 1. The molecule has 120 valence electrons. The molecule has 0 bridgehead atoms. The third-order valence-electron chi connectivity index (χ3n) is 4.13. The predicted molar refractivity (Wildman–Crippen MR) is 85.0 cm³/mol. The van der Waals surface area contributed by atoms with Crippen LogP contribution in [0.5, 0.6) is 0 Å². The van der Waals surface area contributed by atoms with Crippen LogP contribution in [0.25, 0.3) is 0 Å². The Bertz CT molecular complexity index is 723. The summed E-state index contributed by atoms with van der Waals surface area (Å²) in [5, 5.41) is 11.2. The van der Waals surface area contributed by atoms with E-state index in [1.54, 1.807) is 0 Å². The van der Waals surface area contributed by atoms with Crippen LogP contribution in [0.15, 0.2) is 48.5 Å². The summed E-state index contributed by atoms with van der Waals surface area (Å²) < 4.78 is 19.3. The highest BCUT2D eigenvalue weighted by molar-refractivity contribution is 5.63. The Morgan fingerprint density at radius 3 is 2.70 bits per heavy atom. The molecule has 1 aliphatic rings. The Morgan fingerprint density at radius 1 is 1.26 bits per heavy atom. The maximum atomic E-state index is 13.3. The molecule has 0 spiro atoms. The molecule has 3 rings (SSSR count). The third kappa shape index (κ3) is 3.03. The second kappa shape index (κ2) is 5.96. The molecule has 1 heterocycles. The lowest BCUT2D eigenvalue weighted by atomic mass is 9.93. The summed E-state index contributed by atoms with van der Waals surface area (Å²) in [5.41, 5.74) is 0.639. The van der Waals surface area contributed by atoms with E-state index >= 15 is 0 Å². The minimum atomic E-state index is -0.612. The standard InChI is InChI=1S/C17H17FN2O3/c1-17(13-5-3-2-4-6-13)12-19(9-10-23-17)15-8-7-14(18)11-16(15)20(21)22/h2-8,11H,9-10,12H2,1H3. The smallest absolute Gasteiger partial charge is 0.295 e. The van der Waals surface area contributed by atoms with Crippen molar-refractivity contribution in [2.24, 2.45) is 0 Å². The lowest BCUT2D eigenvalue weighted by Gasteiger charge is -2.41. The molecule has 2 aromatic rings. The second-order valence-electron chi connectivity index (χ2n) is 5.76. The van der Waals surface area contributed by atoms with Gasteiger partial charge in [-0.15, -0.1) is 0 Å². The molecule has 0 radical (unpaired) electrons. The van der Waals surface area contributed by atoms with Gasteiger partial charge in [0.25, 0.3) is 5.69 Å². The van der Waals surface area contributed by atoms with E-state index in [0.717, 1.165) is 11.6 Å². The summed E-state index contributed by atoms with van der Waals surface area (Å²) in [6, 6.07) is 13.4. The highest BCUT2D eigenvalue weighted by Gasteiger charge is 2.35. The molecule has 0 aliphatic carbocycles. The molecule has 6 heteroatoms. The topological polar surface area (TPSA) is 55.6 Å². The quantitative estimate of drug-likeness (QED) is 0.642. The molecule has 0 amide bonds. The number of nitrogens with zero attached hydrogens (tertiary/aromatic N) is 2. The summed E-state index contributed by atoms with van der Waals surface area (Å²) >= 11 is 0. The van der Waals surface area contributed by atoms with Crippen molar-refractivity contribution in [1.29, 1.82) is 0 Å². The van der Waals surface area contributed by atoms with E-state index in [1.165, 1.54) is 12.1 Å². The summed E-state index contributed by atoms with van der Waals surface area (Å²) in [5.74, 6) is -0.612. The van der Waals surface area contributed by atoms with Crippen molar-refractivity contribution >= 4 is 11.4 Å². The zero-order valence-electron chi connectivity index (χ0n) is 12.7. The van der Waals surface area contributed by atoms with Gasteiger partial charge in [-0.2, -0.15) is 0 Å². The van der Waals surface area contributed by atoms with Crippen LogP contribution in [-0.2, 0) is 10.3 Å². The zero-order chi connectivity index (χ0) is 16.4. The van der Waals surface area contributed by atoms with Crippen LogP contribution >= 0.6 is 0 Å². The van der Waals surface area contributed by atoms with Gasteiger partial charge in [-0.05, 0) is 24.6 Å². The van der Waals surface area contributed by atoms with Crippen LogP contribution < -0.4 is 4.90 Å². The summed E-state index contributed by atoms with van der Waals surface area (Å²) in [6.07, 6.45) is 0. The van der Waals surface area contributed by atoms with Crippen LogP contribution in [0, 0.1) is 15.9 Å². The molecule has 1 fully saturated rings. The number of benzene rings is 2. The van der Waals surface area contributed by atoms with Crippen LogP contribution in [0.1, 0.15) is 12.5 Å². The highest BCUT2D eigenvalue weighted by Crippen LogP contribution is 2.35. The summed E-state index contributed by atoms with van der Waals surface area (Å²) in [4.78, 5) is 12.6. The molecule has 1 unspecified atom stereocenters. The first-order valence-corrected chi connectivity index (χ1v) is 7.38. The highest BCUT2D eigenvalue weighted by atomic mass is 19.1. The molecule has 0 N–H and O–H groups in total. The van der Waals surface area contributed by atoms with Gasteiger partial charge in [0.1, 0.15) is 17.1 Å². The number of rotatable bonds is 3. The van der Waals surface area contributed by atoms with Crippen LogP contribution in [0.4, 0.5) is 15.8 Å². The first-order valence-electron chi connectivity index (χ1n) is 7.38. The van der Waals surface area contributed by atoms with E-state index in [1.807, 2.05) is 42.2 Å². The molecule has 2 aromatic carbocycles. The number of hydrogen-bond acceptors (Lipinski definition) is 4. The summed E-state index contributed by atoms with van der Waals surface area (Å²) in [6.45, 7) is 3.39. The molecule has 23 heavy (non-hydrogen) atoms. The first-order chi connectivity index (χ1) is 11.0. The monoisotopic (exact) mass is 316 g/mol. The minimum absolute atomic E-state index is 0.220. The van der Waals surface area contributed by atoms with Crippen molar-refractivity contribution in [3.8, 4) is 0 Å². The van der Waals surface area contributed by atoms with Crippen LogP contribution in [0.2, 0.25) is 0 Å². The maximum absolute atomic E-state index is 13.3. The van der Waals surface area contributed by atoms with E-state index < -0.39 is 16.3 Å². The zero-order valence-corrected chi connectivity index (χ0v) is 12.7. The SMILES string of the molecule is CC1(c2ccccc2)CN(c2ccc(F)cc2[N+](=O)[O-])CCO1. The number of nitro groups is 1. The van der Waals surface area contributed by atoms with Gasteiger partial charge in [0, 0.05) is 6.54 Å². The Morgan fingerprint density at radius 2 is 2.00 bits per heavy atom. The Balaban J connectivity index is 1.95. The van der Waals surface area contributed by atoms with Gasteiger partial charge in [0.05, 0.1) is 24.1 Å². The van der Waals surface area contributed by atoms with Crippen molar-refractivity contribution in [3.05, 3.63) is 70.0 Å². The Hall–Kier alpha value is -2.47. The molecule has 0 saturated carbocycles. The van der Waals surface area contributed by atoms with E-state index in [-0.39, 0.29) is 5.69 Å². The van der Waals surface area contributed by atoms with Gasteiger partial charge in [-0.1, -0.05) is 30.3 Å². The van der Waals surface area contributed by atoms with Crippen molar-refractivity contribution < 1.29 is 14.1 Å². The molecule has 5 nitrogen and oxygen atoms in total. The molecule has 1 aliphatic heterocycles. The predicted octanol–water partition coefficient (Wildman–Crippen LogP) is 3.49. The van der Waals surface area contributed by atoms with Crippen molar-refractivity contribution in [2.45, 2.75) is 12.5 Å². The van der Waals surface area contributed by atoms with Crippen LogP contribution in [-0.4, -0.2) is 24.6 Å². The second-order valence-corrected chi connectivity index (χ2v) is 5.76. The molecule has 1 saturated heterocycles. The Kier molecular flexibility index (Phi) is 4.00. The van der Waals surface area contributed by atoms with Crippen molar-refractivity contribution in [3.63, 3.8) is 0 Å². The van der Waals surface area contributed by atoms with E-state index in [2.05, 4.69) is 0 Å². The van der Waals surface area contributed by atoms with E-state index in [9.17, 15) is 14.5 Å². The van der Waals surface area contributed by atoms with Gasteiger partial charge < -0.3 is 9.64 Å². The van der Waals surface area contributed by atoms with E-state index in [4.69, 9.17) is 4.74 Å². The number of hydrogen-bond donors (Lipinski definition) is 0. The largest absolute Gasteiger partial charge is 0.367 e. The van der Waals surface area contributed by atoms with Gasteiger partial charge in [0.15, 0.2) is 0 Å².